The molecular formula is C20H25N7O3. The second-order valence-electron chi connectivity index (χ2n) is 7.36. The van der Waals surface area contributed by atoms with Crippen molar-refractivity contribution in [2.75, 3.05) is 30.5 Å². The molecule has 0 aliphatic carbocycles. The topological polar surface area (TPSA) is 98.7 Å². The summed E-state index contributed by atoms with van der Waals surface area (Å²) in [4.78, 5) is 29.8. The smallest absolute Gasteiger partial charge is 0.332 e. The van der Waals surface area contributed by atoms with E-state index >= 15 is 0 Å². The molecule has 10 nitrogen and oxygen atoms in total. The summed E-state index contributed by atoms with van der Waals surface area (Å²) in [5, 5.41) is 9.80. The van der Waals surface area contributed by atoms with Gasteiger partial charge < -0.3 is 10.1 Å². The molecule has 0 bridgehead atoms. The third-order valence-electron chi connectivity index (χ3n) is 5.52. The number of methoxy groups -OCH3 is 1. The maximum atomic E-state index is 12.9. The average Bonchev–Trinajstić information content (AvgIpc) is 3.16. The lowest BCUT2D eigenvalue weighted by Gasteiger charge is -2.29. The van der Waals surface area contributed by atoms with Crippen molar-refractivity contribution >= 4 is 28.5 Å². The standard InChI is InChI=1S/C20H25N7O3/c1-12-13(2)27-16-17(24(3)20(29)25(4)18(16)28)22-19(27)26(23-12)11-10-21-14-6-8-15(30-5)9-7-14/h6-9,13,21H,10-11H2,1-5H3/t13-/m0/s1. The van der Waals surface area contributed by atoms with Gasteiger partial charge in [0.15, 0.2) is 11.2 Å². The number of aromatic nitrogens is 4. The number of rotatable bonds is 5. The molecule has 0 unspecified atom stereocenters. The van der Waals surface area contributed by atoms with E-state index in [0.29, 0.717) is 30.2 Å². The molecule has 1 N–H and O–H groups in total. The number of benzene rings is 1. The number of anilines is 2. The SMILES string of the molecule is COc1ccc(NCCN2N=C(C)[C@H](C)n3c2nc2c3c(=O)n(C)c(=O)n2C)cc1. The van der Waals surface area contributed by atoms with Gasteiger partial charge in [-0.15, -0.1) is 0 Å². The van der Waals surface area contributed by atoms with Crippen molar-refractivity contribution in [2.45, 2.75) is 19.9 Å². The van der Waals surface area contributed by atoms with Crippen LogP contribution in [0.1, 0.15) is 19.9 Å². The van der Waals surface area contributed by atoms with Crippen LogP contribution in [-0.4, -0.2) is 44.6 Å². The van der Waals surface area contributed by atoms with Gasteiger partial charge in [-0.2, -0.15) is 10.1 Å². The van der Waals surface area contributed by atoms with Crippen molar-refractivity contribution < 1.29 is 4.74 Å². The van der Waals surface area contributed by atoms with Gasteiger partial charge in [0.2, 0.25) is 5.95 Å². The zero-order chi connectivity index (χ0) is 21.6. The van der Waals surface area contributed by atoms with E-state index in [9.17, 15) is 9.59 Å². The van der Waals surface area contributed by atoms with Crippen molar-refractivity contribution in [3.05, 3.63) is 45.1 Å². The molecular weight excluding hydrogens is 386 g/mol. The number of aryl methyl sites for hydroxylation is 1. The molecule has 0 saturated heterocycles. The predicted molar refractivity (Wildman–Crippen MR) is 117 cm³/mol. The average molecular weight is 411 g/mol. The first-order valence-corrected chi connectivity index (χ1v) is 9.72. The van der Waals surface area contributed by atoms with E-state index in [-0.39, 0.29) is 11.6 Å². The molecule has 4 rings (SSSR count). The highest BCUT2D eigenvalue weighted by Crippen LogP contribution is 2.29. The summed E-state index contributed by atoms with van der Waals surface area (Å²) in [6, 6.07) is 7.54. The van der Waals surface area contributed by atoms with Crippen LogP contribution >= 0.6 is 0 Å². The molecule has 3 aromatic rings. The summed E-state index contributed by atoms with van der Waals surface area (Å²) >= 11 is 0. The molecule has 1 aromatic carbocycles. The zero-order valence-electron chi connectivity index (χ0n) is 17.7. The van der Waals surface area contributed by atoms with Gasteiger partial charge in [0.05, 0.1) is 25.4 Å². The van der Waals surface area contributed by atoms with Crippen LogP contribution < -0.4 is 26.3 Å². The molecule has 0 saturated carbocycles. The van der Waals surface area contributed by atoms with Crippen LogP contribution in [0, 0.1) is 0 Å². The molecule has 1 atom stereocenters. The van der Waals surface area contributed by atoms with E-state index < -0.39 is 5.69 Å². The van der Waals surface area contributed by atoms with Crippen LogP contribution in [0.25, 0.3) is 11.2 Å². The normalized spacial score (nSPS) is 15.8. The Morgan fingerprint density at radius 1 is 1.13 bits per heavy atom. The maximum Gasteiger partial charge on any atom is 0.332 e. The fraction of sp³-hybridized carbons (Fsp3) is 0.400. The summed E-state index contributed by atoms with van der Waals surface area (Å²) in [7, 11) is 4.74. The van der Waals surface area contributed by atoms with Crippen LogP contribution in [0.5, 0.6) is 5.75 Å². The van der Waals surface area contributed by atoms with E-state index in [1.165, 1.54) is 11.6 Å². The molecule has 158 valence electrons. The minimum atomic E-state index is -0.402. The van der Waals surface area contributed by atoms with Crippen LogP contribution in [-0.2, 0) is 14.1 Å². The lowest BCUT2D eigenvalue weighted by atomic mass is 10.2. The molecule has 0 amide bonds. The first-order chi connectivity index (χ1) is 14.3. The van der Waals surface area contributed by atoms with Gasteiger partial charge in [-0.25, -0.2) is 9.80 Å². The molecule has 0 fully saturated rings. The summed E-state index contributed by atoms with van der Waals surface area (Å²) in [6.07, 6.45) is 0. The van der Waals surface area contributed by atoms with E-state index in [4.69, 9.17) is 4.74 Å². The minimum absolute atomic E-state index is 0.138. The lowest BCUT2D eigenvalue weighted by Crippen LogP contribution is -2.39. The molecule has 30 heavy (non-hydrogen) atoms. The van der Waals surface area contributed by atoms with Crippen molar-refractivity contribution in [1.29, 1.82) is 0 Å². The van der Waals surface area contributed by atoms with Gasteiger partial charge in [-0.1, -0.05) is 0 Å². The fourth-order valence-corrected chi connectivity index (χ4v) is 3.62. The monoisotopic (exact) mass is 411 g/mol. The van der Waals surface area contributed by atoms with Crippen LogP contribution in [0.2, 0.25) is 0 Å². The Kier molecular flexibility index (Phi) is 4.84. The number of hydrazone groups is 1. The number of hydrogen-bond donors (Lipinski definition) is 1. The third-order valence-corrected chi connectivity index (χ3v) is 5.52. The predicted octanol–water partition coefficient (Wildman–Crippen LogP) is 1.31. The Bertz CT molecular complexity index is 1250. The summed E-state index contributed by atoms with van der Waals surface area (Å²) in [5.74, 6) is 1.35. The van der Waals surface area contributed by atoms with Gasteiger partial charge in [-0.3, -0.25) is 18.5 Å². The quantitative estimate of drug-likeness (QED) is 0.680. The highest BCUT2D eigenvalue weighted by molar-refractivity contribution is 5.91. The first-order valence-electron chi connectivity index (χ1n) is 9.72. The highest BCUT2D eigenvalue weighted by Gasteiger charge is 2.30. The van der Waals surface area contributed by atoms with Crippen LogP contribution in [0.4, 0.5) is 11.6 Å². The van der Waals surface area contributed by atoms with Crippen molar-refractivity contribution in [3.63, 3.8) is 0 Å². The third kappa shape index (κ3) is 3.04. The Balaban J connectivity index is 1.67. The molecule has 1 aliphatic heterocycles. The number of nitrogens with one attached hydrogen (secondary N) is 1. The largest absolute Gasteiger partial charge is 0.497 e. The molecule has 0 radical (unpaired) electrons. The Morgan fingerprint density at radius 2 is 1.83 bits per heavy atom. The highest BCUT2D eigenvalue weighted by atomic mass is 16.5. The van der Waals surface area contributed by atoms with Gasteiger partial charge in [0.1, 0.15) is 5.75 Å². The maximum absolute atomic E-state index is 12.9. The van der Waals surface area contributed by atoms with E-state index in [1.807, 2.05) is 42.7 Å². The van der Waals surface area contributed by atoms with Crippen LogP contribution in [0.15, 0.2) is 39.0 Å². The van der Waals surface area contributed by atoms with Crippen molar-refractivity contribution in [1.82, 2.24) is 18.7 Å². The van der Waals surface area contributed by atoms with E-state index in [1.54, 1.807) is 19.2 Å². The lowest BCUT2D eigenvalue weighted by molar-refractivity contribution is 0.415. The zero-order valence-corrected chi connectivity index (χ0v) is 17.7. The molecule has 3 heterocycles. The minimum Gasteiger partial charge on any atom is -0.497 e. The van der Waals surface area contributed by atoms with E-state index in [0.717, 1.165) is 21.7 Å². The second kappa shape index (κ2) is 7.36. The number of ether oxygens (including phenoxy) is 1. The fourth-order valence-electron chi connectivity index (χ4n) is 3.62. The number of hydrogen-bond acceptors (Lipinski definition) is 7. The summed E-state index contributed by atoms with van der Waals surface area (Å²) in [5.41, 5.74) is 1.84. The van der Waals surface area contributed by atoms with Gasteiger partial charge in [0, 0.05) is 26.3 Å². The van der Waals surface area contributed by atoms with Gasteiger partial charge in [0.25, 0.3) is 5.56 Å². The van der Waals surface area contributed by atoms with Gasteiger partial charge >= 0.3 is 5.69 Å². The van der Waals surface area contributed by atoms with Crippen molar-refractivity contribution in [2.24, 2.45) is 19.2 Å². The molecule has 10 heteroatoms. The van der Waals surface area contributed by atoms with Crippen molar-refractivity contribution in [3.8, 4) is 5.75 Å². The number of nitrogens with zero attached hydrogens (tertiary/aromatic N) is 6. The first kappa shape index (κ1) is 19.7. The Hall–Kier alpha value is -3.56. The molecule has 0 spiro atoms. The molecule has 2 aromatic heterocycles. The Labute approximate surface area is 173 Å². The molecule has 1 aliphatic rings. The van der Waals surface area contributed by atoms with E-state index in [2.05, 4.69) is 15.4 Å². The Morgan fingerprint density at radius 3 is 2.50 bits per heavy atom. The van der Waals surface area contributed by atoms with Gasteiger partial charge in [-0.05, 0) is 38.1 Å². The number of imidazole rings is 1. The number of fused-ring (bicyclic) bond motifs is 3. The van der Waals surface area contributed by atoms with Crippen LogP contribution in [0.3, 0.4) is 0 Å². The summed E-state index contributed by atoms with van der Waals surface area (Å²) < 4.78 is 9.56. The summed E-state index contributed by atoms with van der Waals surface area (Å²) in [6.45, 7) is 5.04. The second-order valence-corrected chi connectivity index (χ2v) is 7.36.